The molecule has 2 aromatic carbocycles. The molecule has 0 aliphatic carbocycles. The van der Waals surface area contributed by atoms with E-state index in [0.717, 1.165) is 47.7 Å². The molecule has 0 spiro atoms. The number of halogens is 2. The summed E-state index contributed by atoms with van der Waals surface area (Å²) in [6.07, 6.45) is 0. The van der Waals surface area contributed by atoms with Crippen LogP contribution in [0.2, 0.25) is 0 Å². The number of hydrogen-bond donors (Lipinski definition) is 0. The lowest BCUT2D eigenvalue weighted by Gasteiger charge is -2.39. The fraction of sp³-hybridized carbons (Fsp3) is 0.400. The van der Waals surface area contributed by atoms with Gasteiger partial charge in [-0.3, -0.25) is 4.90 Å². The van der Waals surface area contributed by atoms with Crippen LogP contribution in [0.15, 0.2) is 40.9 Å². The summed E-state index contributed by atoms with van der Waals surface area (Å²) in [6, 6.07) is 11.6. The normalized spacial score (nSPS) is 16.4. The van der Waals surface area contributed by atoms with Crippen molar-refractivity contribution in [2.24, 2.45) is 0 Å². The Labute approximate surface area is 162 Å². The molecular formula is C20H24BrFN2O2. The van der Waals surface area contributed by atoms with E-state index in [0.29, 0.717) is 0 Å². The van der Waals surface area contributed by atoms with Gasteiger partial charge in [-0.2, -0.15) is 0 Å². The van der Waals surface area contributed by atoms with Crippen molar-refractivity contribution in [3.8, 4) is 11.5 Å². The molecule has 4 nitrogen and oxygen atoms in total. The topological polar surface area (TPSA) is 24.9 Å². The number of benzene rings is 2. The molecule has 1 aliphatic rings. The predicted octanol–water partition coefficient (Wildman–Crippen LogP) is 4.49. The van der Waals surface area contributed by atoms with Crippen LogP contribution in [0.4, 0.5) is 10.1 Å². The lowest BCUT2D eigenvalue weighted by molar-refractivity contribution is 0.198. The molecule has 0 radical (unpaired) electrons. The van der Waals surface area contributed by atoms with E-state index in [2.05, 4.69) is 44.8 Å². The van der Waals surface area contributed by atoms with Crippen LogP contribution in [0.25, 0.3) is 0 Å². The van der Waals surface area contributed by atoms with Crippen molar-refractivity contribution >= 4 is 21.6 Å². The number of methoxy groups -OCH3 is 2. The Morgan fingerprint density at radius 2 is 1.65 bits per heavy atom. The lowest BCUT2D eigenvalue weighted by atomic mass is 10.1. The van der Waals surface area contributed by atoms with Crippen LogP contribution in [-0.4, -0.2) is 45.3 Å². The summed E-state index contributed by atoms with van der Waals surface area (Å²) in [5.41, 5.74) is 2.13. The Hall–Kier alpha value is -1.79. The first-order chi connectivity index (χ1) is 12.5. The fourth-order valence-corrected chi connectivity index (χ4v) is 3.77. The first-order valence-corrected chi connectivity index (χ1v) is 9.48. The third kappa shape index (κ3) is 3.96. The van der Waals surface area contributed by atoms with Gasteiger partial charge in [0.1, 0.15) is 5.75 Å². The summed E-state index contributed by atoms with van der Waals surface area (Å²) >= 11 is 3.49. The van der Waals surface area contributed by atoms with Crippen LogP contribution in [0, 0.1) is 5.82 Å². The smallest absolute Gasteiger partial charge is 0.165 e. The first-order valence-electron chi connectivity index (χ1n) is 8.69. The quantitative estimate of drug-likeness (QED) is 0.708. The van der Waals surface area contributed by atoms with Crippen LogP contribution >= 0.6 is 15.9 Å². The van der Waals surface area contributed by atoms with Crippen molar-refractivity contribution in [1.82, 2.24) is 4.90 Å². The molecule has 3 rings (SSSR count). The van der Waals surface area contributed by atoms with Crippen molar-refractivity contribution in [3.63, 3.8) is 0 Å². The molecule has 0 saturated carbocycles. The summed E-state index contributed by atoms with van der Waals surface area (Å²) in [4.78, 5) is 4.74. The average molecular weight is 423 g/mol. The SMILES string of the molecule is COc1ccc(C(C)N2CCN(c3ccc(Br)c(OC)c3)CC2)cc1F. The second-order valence-electron chi connectivity index (χ2n) is 6.41. The summed E-state index contributed by atoms with van der Waals surface area (Å²) < 4.78 is 25.4. The molecule has 1 heterocycles. The molecule has 26 heavy (non-hydrogen) atoms. The maximum Gasteiger partial charge on any atom is 0.165 e. The Kier molecular flexibility index (Phi) is 6.04. The van der Waals surface area contributed by atoms with E-state index in [1.54, 1.807) is 19.2 Å². The van der Waals surface area contributed by atoms with Gasteiger partial charge in [-0.25, -0.2) is 4.39 Å². The van der Waals surface area contributed by atoms with Crippen molar-refractivity contribution < 1.29 is 13.9 Å². The van der Waals surface area contributed by atoms with Crippen LogP contribution in [0.1, 0.15) is 18.5 Å². The van der Waals surface area contributed by atoms with Crippen LogP contribution in [0.3, 0.4) is 0 Å². The lowest BCUT2D eigenvalue weighted by Crippen LogP contribution is -2.47. The standard InChI is InChI=1S/C20H24BrFN2O2/c1-14(15-4-7-19(25-2)18(22)12-15)23-8-10-24(11-9-23)16-5-6-17(21)20(13-16)26-3/h4-7,12-14H,8-11H2,1-3H3. The van der Waals surface area contributed by atoms with Gasteiger partial charge in [0.05, 0.1) is 18.7 Å². The van der Waals surface area contributed by atoms with Crippen LogP contribution in [-0.2, 0) is 0 Å². The zero-order chi connectivity index (χ0) is 18.7. The molecule has 1 atom stereocenters. The zero-order valence-electron chi connectivity index (χ0n) is 15.3. The van der Waals surface area contributed by atoms with E-state index in [1.165, 1.54) is 7.11 Å². The Morgan fingerprint density at radius 3 is 2.27 bits per heavy atom. The molecule has 1 saturated heterocycles. The molecule has 1 aliphatic heterocycles. The summed E-state index contributed by atoms with van der Waals surface area (Å²) in [5.74, 6) is 0.819. The number of anilines is 1. The summed E-state index contributed by atoms with van der Waals surface area (Å²) in [5, 5.41) is 0. The van der Waals surface area contributed by atoms with Crippen LogP contribution in [0.5, 0.6) is 11.5 Å². The predicted molar refractivity (Wildman–Crippen MR) is 106 cm³/mol. The largest absolute Gasteiger partial charge is 0.495 e. The van der Waals surface area contributed by atoms with E-state index < -0.39 is 0 Å². The number of piperazine rings is 1. The van der Waals surface area contributed by atoms with Gasteiger partial charge in [0.15, 0.2) is 11.6 Å². The van der Waals surface area contributed by atoms with E-state index >= 15 is 0 Å². The maximum absolute atomic E-state index is 14.0. The average Bonchev–Trinajstić information content (AvgIpc) is 2.68. The van der Waals surface area contributed by atoms with Gasteiger partial charge >= 0.3 is 0 Å². The molecular weight excluding hydrogens is 399 g/mol. The van der Waals surface area contributed by atoms with Crippen LogP contribution < -0.4 is 14.4 Å². The van der Waals surface area contributed by atoms with Gasteiger partial charge < -0.3 is 14.4 Å². The molecule has 0 bridgehead atoms. The van der Waals surface area contributed by atoms with E-state index in [1.807, 2.05) is 12.1 Å². The minimum Gasteiger partial charge on any atom is -0.495 e. The molecule has 6 heteroatoms. The van der Waals surface area contributed by atoms with Gasteiger partial charge in [0.25, 0.3) is 0 Å². The number of rotatable bonds is 5. The molecule has 0 aromatic heterocycles. The van der Waals surface area contributed by atoms with Gasteiger partial charge in [-0.1, -0.05) is 6.07 Å². The van der Waals surface area contributed by atoms with Crippen molar-refractivity contribution in [3.05, 3.63) is 52.3 Å². The monoisotopic (exact) mass is 422 g/mol. The van der Waals surface area contributed by atoms with Gasteiger partial charge in [0.2, 0.25) is 0 Å². The third-order valence-electron chi connectivity index (χ3n) is 5.02. The first kappa shape index (κ1) is 19.0. The highest BCUT2D eigenvalue weighted by atomic mass is 79.9. The number of hydrogen-bond acceptors (Lipinski definition) is 4. The number of nitrogens with zero attached hydrogens (tertiary/aromatic N) is 2. The third-order valence-corrected chi connectivity index (χ3v) is 5.68. The van der Waals surface area contributed by atoms with E-state index in [4.69, 9.17) is 9.47 Å². The second-order valence-corrected chi connectivity index (χ2v) is 7.27. The van der Waals surface area contributed by atoms with E-state index in [9.17, 15) is 4.39 Å². The minimum atomic E-state index is -0.308. The Bertz CT molecular complexity index is 763. The Morgan fingerprint density at radius 1 is 0.962 bits per heavy atom. The minimum absolute atomic E-state index is 0.164. The highest BCUT2D eigenvalue weighted by molar-refractivity contribution is 9.10. The molecule has 2 aromatic rings. The molecule has 0 amide bonds. The highest BCUT2D eigenvalue weighted by Crippen LogP contribution is 2.31. The molecule has 0 N–H and O–H groups in total. The summed E-state index contributed by atoms with van der Waals surface area (Å²) in [6.45, 7) is 5.82. The zero-order valence-corrected chi connectivity index (χ0v) is 16.9. The highest BCUT2D eigenvalue weighted by Gasteiger charge is 2.23. The van der Waals surface area contributed by atoms with Gasteiger partial charge in [-0.05, 0) is 52.7 Å². The van der Waals surface area contributed by atoms with E-state index in [-0.39, 0.29) is 17.6 Å². The second kappa shape index (κ2) is 8.27. The van der Waals surface area contributed by atoms with Gasteiger partial charge in [0, 0.05) is 44.0 Å². The molecule has 1 unspecified atom stereocenters. The van der Waals surface area contributed by atoms with Crippen molar-refractivity contribution in [2.75, 3.05) is 45.3 Å². The molecule has 140 valence electrons. The van der Waals surface area contributed by atoms with Gasteiger partial charge in [-0.15, -0.1) is 0 Å². The number of ether oxygens (including phenoxy) is 2. The van der Waals surface area contributed by atoms with Crippen molar-refractivity contribution in [1.29, 1.82) is 0 Å². The maximum atomic E-state index is 14.0. The summed E-state index contributed by atoms with van der Waals surface area (Å²) in [7, 11) is 3.16. The fourth-order valence-electron chi connectivity index (χ4n) is 3.37. The van der Waals surface area contributed by atoms with Crippen molar-refractivity contribution in [2.45, 2.75) is 13.0 Å². The Balaban J connectivity index is 1.65. The molecule has 1 fully saturated rings.